The number of alkyl halides is 12. The van der Waals surface area contributed by atoms with E-state index in [4.69, 9.17) is 10.2 Å². The molecule has 0 fully saturated rings. The second-order valence-electron chi connectivity index (χ2n) is 3.78. The summed E-state index contributed by atoms with van der Waals surface area (Å²) in [5.74, 6) is -10.7. The van der Waals surface area contributed by atoms with Gasteiger partial charge in [0.05, 0.1) is 0 Å². The molecule has 0 aromatic carbocycles. The van der Waals surface area contributed by atoms with Gasteiger partial charge < -0.3 is 10.2 Å². The van der Waals surface area contributed by atoms with Gasteiger partial charge in [-0.05, 0) is 0 Å². The molecule has 0 saturated heterocycles. The summed E-state index contributed by atoms with van der Waals surface area (Å²) in [6.07, 6.45) is -23.4. The second kappa shape index (κ2) is 9.99. The zero-order chi connectivity index (χ0) is 21.7. The molecule has 0 aromatic rings. The molecule has 0 aliphatic heterocycles. The van der Waals surface area contributed by atoms with Crippen LogP contribution in [-0.4, -0.2) is 46.5 Å². The van der Waals surface area contributed by atoms with Gasteiger partial charge in [0.1, 0.15) is 0 Å². The molecule has 0 spiro atoms. The van der Waals surface area contributed by atoms with Crippen LogP contribution in [0.5, 0.6) is 0 Å². The Morgan fingerprint density at radius 3 is 0.815 bits per heavy atom. The minimum Gasteiger partial charge on any atom is -0.504 e. The van der Waals surface area contributed by atoms with Crippen LogP contribution in [0.25, 0.3) is 0 Å². The summed E-state index contributed by atoms with van der Waals surface area (Å²) < 4.78 is 136. The van der Waals surface area contributed by atoms with Crippen molar-refractivity contribution < 1.29 is 93.6 Å². The molecule has 0 aromatic heterocycles. The molecular weight excluding hydrogens is 607 g/mol. The Morgan fingerprint density at radius 1 is 0.519 bits per heavy atom. The van der Waals surface area contributed by atoms with Gasteiger partial charge in [0.25, 0.3) is 11.6 Å². The fraction of sp³-hybridized carbons (Fsp3) is 0.400. The Labute approximate surface area is 154 Å². The number of carbonyl (C=O) groups excluding carboxylic acids is 2. The van der Waals surface area contributed by atoms with E-state index in [0.29, 0.717) is 0 Å². The van der Waals surface area contributed by atoms with Crippen LogP contribution >= 0.6 is 0 Å². The first-order valence-electron chi connectivity index (χ1n) is 5.28. The molecular formula is C10H4F12O4Pt. The predicted octanol–water partition coefficient (Wildman–Crippen LogP) is 4.24. The van der Waals surface area contributed by atoms with Crippen LogP contribution in [0.15, 0.2) is 23.7 Å². The number of aliphatic hydroxyl groups excluding tert-OH is 2. The molecule has 27 heavy (non-hydrogen) atoms. The molecule has 0 saturated carbocycles. The number of allylic oxidation sites excluding steroid dienone is 4. The van der Waals surface area contributed by atoms with Crippen LogP contribution in [0.4, 0.5) is 52.7 Å². The van der Waals surface area contributed by atoms with E-state index in [-0.39, 0.29) is 21.1 Å². The van der Waals surface area contributed by atoms with E-state index in [1.807, 2.05) is 0 Å². The summed E-state index contributed by atoms with van der Waals surface area (Å²) in [7, 11) is 0. The molecule has 2 N–H and O–H groups in total. The van der Waals surface area contributed by atoms with Crippen LogP contribution in [0, 0.1) is 0 Å². The van der Waals surface area contributed by atoms with Crippen LogP contribution in [-0.2, 0) is 30.7 Å². The van der Waals surface area contributed by atoms with Crippen LogP contribution in [0.1, 0.15) is 0 Å². The van der Waals surface area contributed by atoms with Gasteiger partial charge in [-0.3, -0.25) is 9.59 Å². The SMILES string of the molecule is O=C(/C=C(\O)C(F)(F)F)C(F)(F)F.O=C(/C=C(\O)C(F)(F)F)C(F)(F)F.[Pt]. The van der Waals surface area contributed by atoms with Gasteiger partial charge in [0, 0.05) is 33.2 Å². The molecule has 162 valence electrons. The molecule has 0 atom stereocenters. The van der Waals surface area contributed by atoms with Crippen LogP contribution in [0.3, 0.4) is 0 Å². The molecule has 0 unspecified atom stereocenters. The molecule has 4 nitrogen and oxygen atoms in total. The van der Waals surface area contributed by atoms with Gasteiger partial charge in [0.2, 0.25) is 11.5 Å². The maximum absolute atomic E-state index is 11.4. The largest absolute Gasteiger partial charge is 0.504 e. The minimum atomic E-state index is -5.42. The van der Waals surface area contributed by atoms with E-state index in [1.165, 1.54) is 0 Å². The summed E-state index contributed by atoms with van der Waals surface area (Å²) >= 11 is 0. The summed E-state index contributed by atoms with van der Waals surface area (Å²) in [6.45, 7) is 0. The fourth-order valence-corrected chi connectivity index (χ4v) is 0.576. The molecule has 0 radical (unpaired) electrons. The van der Waals surface area contributed by atoms with E-state index < -0.39 is 59.9 Å². The van der Waals surface area contributed by atoms with E-state index in [1.54, 1.807) is 0 Å². The normalized spacial score (nSPS) is 13.9. The van der Waals surface area contributed by atoms with Gasteiger partial charge in [-0.1, -0.05) is 0 Å². The second-order valence-corrected chi connectivity index (χ2v) is 3.78. The van der Waals surface area contributed by atoms with E-state index in [0.717, 1.165) is 0 Å². The minimum absolute atomic E-state index is 0. The van der Waals surface area contributed by atoms with Crippen molar-refractivity contribution in [1.29, 1.82) is 0 Å². The average molecular weight is 611 g/mol. The molecule has 0 amide bonds. The van der Waals surface area contributed by atoms with Crippen molar-refractivity contribution in [1.82, 2.24) is 0 Å². The molecule has 0 rings (SSSR count). The van der Waals surface area contributed by atoms with Crippen molar-refractivity contribution in [3.63, 3.8) is 0 Å². The summed E-state index contributed by atoms with van der Waals surface area (Å²) in [5, 5.41) is 15.9. The standard InChI is InChI=1S/2C5H2F6O2.Pt/c2*6-4(7,8)2(12)1-3(13)5(9,10)11;/h2*1,12H;/b2*2-1-;. The Hall–Kier alpha value is -1.73. The number of hydrogen-bond acceptors (Lipinski definition) is 4. The molecule has 0 bridgehead atoms. The van der Waals surface area contributed by atoms with Crippen molar-refractivity contribution in [2.45, 2.75) is 24.7 Å². The van der Waals surface area contributed by atoms with Crippen LogP contribution < -0.4 is 0 Å². The summed E-state index contributed by atoms with van der Waals surface area (Å²) in [6, 6.07) is 0. The smallest absolute Gasteiger partial charge is 0.454 e. The monoisotopic (exact) mass is 611 g/mol. The molecule has 0 aliphatic carbocycles. The number of halogens is 12. The first kappa shape index (κ1) is 30.0. The van der Waals surface area contributed by atoms with Gasteiger partial charge in [-0.15, -0.1) is 0 Å². The first-order valence-corrected chi connectivity index (χ1v) is 5.28. The Morgan fingerprint density at radius 2 is 0.704 bits per heavy atom. The topological polar surface area (TPSA) is 74.6 Å². The summed E-state index contributed by atoms with van der Waals surface area (Å²) in [5.41, 5.74) is 0. The van der Waals surface area contributed by atoms with Crippen molar-refractivity contribution >= 4 is 11.6 Å². The van der Waals surface area contributed by atoms with Gasteiger partial charge in [-0.25, -0.2) is 0 Å². The average Bonchev–Trinajstić information content (AvgIpc) is 2.34. The van der Waals surface area contributed by atoms with Gasteiger partial charge in [-0.2, -0.15) is 52.7 Å². The van der Waals surface area contributed by atoms with Crippen molar-refractivity contribution in [2.75, 3.05) is 0 Å². The molecule has 0 heterocycles. The third-order valence-electron chi connectivity index (χ3n) is 1.68. The number of carbonyl (C=O) groups is 2. The zero-order valence-electron chi connectivity index (χ0n) is 11.7. The Kier molecular flexibility index (Phi) is 11.1. The maximum Gasteiger partial charge on any atom is 0.454 e. The third-order valence-corrected chi connectivity index (χ3v) is 1.68. The fourth-order valence-electron chi connectivity index (χ4n) is 0.576. The van der Waals surface area contributed by atoms with E-state index >= 15 is 0 Å². The number of aliphatic hydroxyl groups is 2. The van der Waals surface area contributed by atoms with Crippen molar-refractivity contribution in [3.05, 3.63) is 23.7 Å². The maximum atomic E-state index is 11.4. The van der Waals surface area contributed by atoms with Gasteiger partial charge in [0.15, 0.2) is 0 Å². The summed E-state index contributed by atoms with van der Waals surface area (Å²) in [4.78, 5) is 19.7. The quantitative estimate of drug-likeness (QED) is 0.279. The third kappa shape index (κ3) is 13.1. The number of ketones is 2. The van der Waals surface area contributed by atoms with Crippen LogP contribution in [0.2, 0.25) is 0 Å². The van der Waals surface area contributed by atoms with E-state index in [2.05, 4.69) is 0 Å². The molecule has 0 aliphatic rings. The van der Waals surface area contributed by atoms with Crippen molar-refractivity contribution in [3.8, 4) is 0 Å². The Balaban J connectivity index is -0.000000411. The number of rotatable bonds is 2. The first-order chi connectivity index (χ1) is 11.1. The predicted molar refractivity (Wildman–Crippen MR) is 55.7 cm³/mol. The zero-order valence-corrected chi connectivity index (χ0v) is 14.0. The van der Waals surface area contributed by atoms with Gasteiger partial charge >= 0.3 is 24.7 Å². The van der Waals surface area contributed by atoms with Crippen molar-refractivity contribution in [2.24, 2.45) is 0 Å². The Bertz CT molecular complexity index is 527. The van der Waals surface area contributed by atoms with E-state index in [9.17, 15) is 62.3 Å². The number of hydrogen-bond donors (Lipinski definition) is 2. The molecule has 17 heteroatoms.